The molecule has 0 fully saturated rings. The van der Waals surface area contributed by atoms with E-state index in [0.717, 1.165) is 19.4 Å². The number of hydrogen-bond acceptors (Lipinski definition) is 4. The number of nitrogens with one attached hydrogen (secondary N) is 1. The molecule has 2 rings (SSSR count). The van der Waals surface area contributed by atoms with Crippen molar-refractivity contribution in [3.8, 4) is 0 Å². The normalized spacial score (nSPS) is 10.3. The minimum atomic E-state index is 0.193. The predicted octanol–water partition coefficient (Wildman–Crippen LogP) is 3.30. The topological polar surface area (TPSA) is 54.9 Å². The van der Waals surface area contributed by atoms with Crippen LogP contribution in [-0.4, -0.2) is 22.8 Å². The smallest absolute Gasteiger partial charge is 0.156 e. The summed E-state index contributed by atoms with van der Waals surface area (Å²) >= 11 is 5.92. The standard InChI is InChI=1S/C15H16ClN3O/c1-11-18-14(16)13(10-20)15(19-11)17-9-5-8-12-6-3-2-4-7-12/h2-4,6-7,10H,5,8-9H2,1H3,(H,17,18,19). The number of hydrogen-bond donors (Lipinski definition) is 1. The zero-order chi connectivity index (χ0) is 14.4. The third kappa shape index (κ3) is 3.78. The van der Waals surface area contributed by atoms with Gasteiger partial charge in [0.1, 0.15) is 16.8 Å². The van der Waals surface area contributed by atoms with Gasteiger partial charge in [-0.1, -0.05) is 41.9 Å². The lowest BCUT2D eigenvalue weighted by molar-refractivity contribution is 0.112. The molecule has 0 aliphatic heterocycles. The Balaban J connectivity index is 1.93. The summed E-state index contributed by atoms with van der Waals surface area (Å²) in [5, 5.41) is 3.34. The van der Waals surface area contributed by atoms with Gasteiger partial charge in [0.25, 0.3) is 0 Å². The fraction of sp³-hybridized carbons (Fsp3) is 0.267. The van der Waals surface area contributed by atoms with Gasteiger partial charge in [-0.25, -0.2) is 9.97 Å². The van der Waals surface area contributed by atoms with Crippen molar-refractivity contribution in [2.24, 2.45) is 0 Å². The molecule has 20 heavy (non-hydrogen) atoms. The third-order valence-corrected chi connectivity index (χ3v) is 3.19. The summed E-state index contributed by atoms with van der Waals surface area (Å²) in [6.45, 7) is 2.47. The molecule has 0 amide bonds. The van der Waals surface area contributed by atoms with Crippen LogP contribution in [-0.2, 0) is 6.42 Å². The molecule has 0 unspecified atom stereocenters. The van der Waals surface area contributed by atoms with Crippen LogP contribution in [0.5, 0.6) is 0 Å². The minimum Gasteiger partial charge on any atom is -0.369 e. The van der Waals surface area contributed by atoms with E-state index < -0.39 is 0 Å². The first-order valence-corrected chi connectivity index (χ1v) is 6.85. The van der Waals surface area contributed by atoms with E-state index in [1.54, 1.807) is 6.92 Å². The monoisotopic (exact) mass is 289 g/mol. The SMILES string of the molecule is Cc1nc(Cl)c(C=O)c(NCCCc2ccccc2)n1. The van der Waals surface area contributed by atoms with Crippen molar-refractivity contribution in [1.29, 1.82) is 0 Å². The van der Waals surface area contributed by atoms with Gasteiger partial charge in [-0.15, -0.1) is 0 Å². The average molecular weight is 290 g/mol. The fourth-order valence-corrected chi connectivity index (χ4v) is 2.19. The van der Waals surface area contributed by atoms with Crippen LogP contribution in [0.25, 0.3) is 0 Å². The molecule has 0 saturated heterocycles. The highest BCUT2D eigenvalue weighted by atomic mass is 35.5. The van der Waals surface area contributed by atoms with E-state index in [1.165, 1.54) is 5.56 Å². The van der Waals surface area contributed by atoms with Crippen LogP contribution in [0.15, 0.2) is 30.3 Å². The van der Waals surface area contributed by atoms with Gasteiger partial charge in [-0.2, -0.15) is 0 Å². The number of benzene rings is 1. The molecule has 0 bridgehead atoms. The lowest BCUT2D eigenvalue weighted by Crippen LogP contribution is -2.09. The van der Waals surface area contributed by atoms with Crippen molar-refractivity contribution in [2.45, 2.75) is 19.8 Å². The molecule has 0 radical (unpaired) electrons. The number of aldehydes is 1. The number of nitrogens with zero attached hydrogens (tertiary/aromatic N) is 2. The zero-order valence-corrected chi connectivity index (χ0v) is 12.0. The van der Waals surface area contributed by atoms with E-state index in [2.05, 4.69) is 27.4 Å². The first kappa shape index (κ1) is 14.5. The maximum atomic E-state index is 11.0. The number of carbonyl (C=O) groups is 1. The van der Waals surface area contributed by atoms with Crippen LogP contribution in [0.2, 0.25) is 5.15 Å². The van der Waals surface area contributed by atoms with Gasteiger partial charge in [0, 0.05) is 6.54 Å². The van der Waals surface area contributed by atoms with Gasteiger partial charge in [-0.3, -0.25) is 4.79 Å². The van der Waals surface area contributed by atoms with Crippen molar-refractivity contribution in [1.82, 2.24) is 9.97 Å². The van der Waals surface area contributed by atoms with Gasteiger partial charge in [0.2, 0.25) is 0 Å². The predicted molar refractivity (Wildman–Crippen MR) is 80.4 cm³/mol. The van der Waals surface area contributed by atoms with Crippen molar-refractivity contribution < 1.29 is 4.79 Å². The average Bonchev–Trinajstić information content (AvgIpc) is 2.44. The van der Waals surface area contributed by atoms with Crippen molar-refractivity contribution in [3.05, 3.63) is 52.4 Å². The first-order chi connectivity index (χ1) is 9.70. The maximum Gasteiger partial charge on any atom is 0.156 e. The van der Waals surface area contributed by atoms with E-state index in [9.17, 15) is 4.79 Å². The lowest BCUT2D eigenvalue weighted by Gasteiger charge is -2.09. The number of rotatable bonds is 6. The molecular formula is C15H16ClN3O. The third-order valence-electron chi connectivity index (χ3n) is 2.91. The highest BCUT2D eigenvalue weighted by Gasteiger charge is 2.10. The van der Waals surface area contributed by atoms with Crippen molar-refractivity contribution in [2.75, 3.05) is 11.9 Å². The highest BCUT2D eigenvalue weighted by Crippen LogP contribution is 2.18. The first-order valence-electron chi connectivity index (χ1n) is 6.48. The summed E-state index contributed by atoms with van der Waals surface area (Å²) < 4.78 is 0. The molecule has 0 atom stereocenters. The van der Waals surface area contributed by atoms with Gasteiger partial charge in [-0.05, 0) is 25.3 Å². The number of aromatic nitrogens is 2. The summed E-state index contributed by atoms with van der Waals surface area (Å²) in [5.74, 6) is 1.05. The van der Waals surface area contributed by atoms with Gasteiger partial charge in [0.15, 0.2) is 6.29 Å². The van der Waals surface area contributed by atoms with Gasteiger partial charge in [0.05, 0.1) is 5.56 Å². The van der Waals surface area contributed by atoms with E-state index in [-0.39, 0.29) is 5.15 Å². The van der Waals surface area contributed by atoms with Crippen molar-refractivity contribution >= 4 is 23.7 Å². The molecule has 0 aliphatic carbocycles. The Morgan fingerprint density at radius 1 is 1.25 bits per heavy atom. The quantitative estimate of drug-likeness (QED) is 0.504. The van der Waals surface area contributed by atoms with Crippen molar-refractivity contribution in [3.63, 3.8) is 0 Å². The Morgan fingerprint density at radius 2 is 2.00 bits per heavy atom. The van der Waals surface area contributed by atoms with Gasteiger partial charge >= 0.3 is 0 Å². The molecule has 0 aliphatic rings. The summed E-state index contributed by atoms with van der Waals surface area (Å²) in [5.41, 5.74) is 1.61. The summed E-state index contributed by atoms with van der Waals surface area (Å²) in [7, 11) is 0. The lowest BCUT2D eigenvalue weighted by atomic mass is 10.1. The Morgan fingerprint density at radius 3 is 2.70 bits per heavy atom. The van der Waals surface area contributed by atoms with Crippen LogP contribution < -0.4 is 5.32 Å². The minimum absolute atomic E-state index is 0.193. The summed E-state index contributed by atoms with van der Waals surface area (Å²) in [6, 6.07) is 10.3. The van der Waals surface area contributed by atoms with Crippen LogP contribution in [0.1, 0.15) is 28.2 Å². The molecule has 1 aromatic heterocycles. The number of carbonyl (C=O) groups excluding carboxylic acids is 1. The number of aryl methyl sites for hydroxylation is 2. The molecule has 4 nitrogen and oxygen atoms in total. The van der Waals surface area contributed by atoms with Crippen LogP contribution in [0, 0.1) is 6.92 Å². The Labute approximate surface area is 123 Å². The van der Waals surface area contributed by atoms with Crippen LogP contribution >= 0.6 is 11.6 Å². The zero-order valence-electron chi connectivity index (χ0n) is 11.3. The molecule has 104 valence electrons. The Bertz CT molecular complexity index is 587. The van der Waals surface area contributed by atoms with E-state index in [4.69, 9.17) is 11.6 Å². The highest BCUT2D eigenvalue weighted by molar-refractivity contribution is 6.32. The molecule has 0 saturated carbocycles. The Hall–Kier alpha value is -1.94. The largest absolute Gasteiger partial charge is 0.369 e. The maximum absolute atomic E-state index is 11.0. The molecule has 2 aromatic rings. The molecule has 5 heteroatoms. The Kier molecular flexibility index (Phi) is 5.07. The van der Waals surface area contributed by atoms with Crippen LogP contribution in [0.4, 0.5) is 5.82 Å². The summed E-state index contributed by atoms with van der Waals surface area (Å²) in [6.07, 6.45) is 2.60. The molecule has 1 heterocycles. The summed E-state index contributed by atoms with van der Waals surface area (Å²) in [4.78, 5) is 19.2. The number of halogens is 1. The second kappa shape index (κ2) is 7.01. The molecular weight excluding hydrogens is 274 g/mol. The van der Waals surface area contributed by atoms with Crippen LogP contribution in [0.3, 0.4) is 0 Å². The molecule has 0 spiro atoms. The second-order valence-electron chi connectivity index (χ2n) is 4.46. The molecule has 1 aromatic carbocycles. The van der Waals surface area contributed by atoms with E-state index in [1.807, 2.05) is 18.2 Å². The fourth-order valence-electron chi connectivity index (χ4n) is 1.93. The second-order valence-corrected chi connectivity index (χ2v) is 4.82. The number of anilines is 1. The van der Waals surface area contributed by atoms with E-state index >= 15 is 0 Å². The van der Waals surface area contributed by atoms with Gasteiger partial charge < -0.3 is 5.32 Å². The van der Waals surface area contributed by atoms with E-state index in [0.29, 0.717) is 23.5 Å². The molecule has 1 N–H and O–H groups in total.